The zero-order chi connectivity index (χ0) is 9.31. The molecule has 1 aliphatic heterocycles. The number of fused-ring (bicyclic) bond motifs is 1. The van der Waals surface area contributed by atoms with Gasteiger partial charge in [-0.25, -0.2) is 0 Å². The van der Waals surface area contributed by atoms with Crippen molar-refractivity contribution in [2.75, 3.05) is 19.6 Å². The normalized spacial score (nSPS) is 38.0. The van der Waals surface area contributed by atoms with Crippen LogP contribution in [0.25, 0.3) is 0 Å². The molecule has 0 radical (unpaired) electrons. The summed E-state index contributed by atoms with van der Waals surface area (Å²) in [6.07, 6.45) is 3.72. The minimum Gasteiger partial charge on any atom is -0.388 e. The number of nitrogens with zero attached hydrogens (tertiary/aromatic N) is 2. The van der Waals surface area contributed by atoms with Crippen LogP contribution < -0.4 is 0 Å². The highest BCUT2D eigenvalue weighted by molar-refractivity contribution is 5.08. The fourth-order valence-electron chi connectivity index (χ4n) is 2.31. The second-order valence-corrected chi connectivity index (χ2v) is 4.33. The van der Waals surface area contributed by atoms with Crippen LogP contribution in [-0.2, 0) is 0 Å². The van der Waals surface area contributed by atoms with E-state index in [-0.39, 0.29) is 5.60 Å². The Bertz CT molecular complexity index is 236. The van der Waals surface area contributed by atoms with Crippen LogP contribution in [0.3, 0.4) is 0 Å². The first-order valence-electron chi connectivity index (χ1n) is 5.06. The molecule has 1 heterocycles. The highest BCUT2D eigenvalue weighted by atomic mass is 16.3. The molecule has 3 heteroatoms. The van der Waals surface area contributed by atoms with Gasteiger partial charge in [-0.2, -0.15) is 5.26 Å². The highest BCUT2D eigenvalue weighted by Crippen LogP contribution is 2.48. The van der Waals surface area contributed by atoms with Crippen LogP contribution in [0.5, 0.6) is 0 Å². The summed E-state index contributed by atoms with van der Waals surface area (Å²) in [5.74, 6) is 0.583. The molecule has 0 unspecified atom stereocenters. The molecule has 0 aromatic rings. The maximum absolute atomic E-state index is 9.87. The van der Waals surface area contributed by atoms with Crippen molar-refractivity contribution in [3.05, 3.63) is 0 Å². The molecule has 13 heavy (non-hydrogen) atoms. The lowest BCUT2D eigenvalue weighted by atomic mass is 10.1. The van der Waals surface area contributed by atoms with Gasteiger partial charge in [-0.3, -0.25) is 0 Å². The van der Waals surface area contributed by atoms with Gasteiger partial charge in [-0.15, -0.1) is 0 Å². The van der Waals surface area contributed by atoms with E-state index in [1.165, 1.54) is 0 Å². The Morgan fingerprint density at radius 3 is 3.15 bits per heavy atom. The van der Waals surface area contributed by atoms with Gasteiger partial charge in [0.05, 0.1) is 11.7 Å². The summed E-state index contributed by atoms with van der Waals surface area (Å²) in [5, 5.41) is 18.3. The Morgan fingerprint density at radius 2 is 2.46 bits per heavy atom. The molecule has 0 spiro atoms. The zero-order valence-electron chi connectivity index (χ0n) is 7.87. The molecule has 2 atom stereocenters. The minimum atomic E-state index is -0.342. The van der Waals surface area contributed by atoms with Crippen molar-refractivity contribution in [2.45, 2.75) is 31.3 Å². The van der Waals surface area contributed by atoms with Gasteiger partial charge in [-0.05, 0) is 38.3 Å². The average Bonchev–Trinajstić information content (AvgIpc) is 2.76. The topological polar surface area (TPSA) is 47.3 Å². The first-order chi connectivity index (χ1) is 6.24. The molecule has 2 fully saturated rings. The molecule has 0 aromatic carbocycles. The van der Waals surface area contributed by atoms with Crippen LogP contribution >= 0.6 is 0 Å². The molecular formula is C10H16N2O. The molecule has 1 aliphatic carbocycles. The van der Waals surface area contributed by atoms with Gasteiger partial charge in [0.1, 0.15) is 0 Å². The summed E-state index contributed by atoms with van der Waals surface area (Å²) in [6.45, 7) is 2.92. The summed E-state index contributed by atoms with van der Waals surface area (Å²) < 4.78 is 0. The van der Waals surface area contributed by atoms with Gasteiger partial charge in [0.2, 0.25) is 0 Å². The second-order valence-electron chi connectivity index (χ2n) is 4.33. The van der Waals surface area contributed by atoms with E-state index in [2.05, 4.69) is 11.0 Å². The Kier molecular flexibility index (Phi) is 2.27. The molecule has 2 aliphatic rings. The Hall–Kier alpha value is -0.590. The molecule has 1 saturated heterocycles. The van der Waals surface area contributed by atoms with E-state index in [1.807, 2.05) is 0 Å². The largest absolute Gasteiger partial charge is 0.388 e. The van der Waals surface area contributed by atoms with Crippen LogP contribution in [-0.4, -0.2) is 35.2 Å². The van der Waals surface area contributed by atoms with E-state index in [4.69, 9.17) is 5.26 Å². The number of nitriles is 1. The standard InChI is InChI=1S/C10H16N2O/c11-4-1-2-5-12-6-3-9-7-10(9,13)8-12/h9,13H,1-3,5-8H2/t9-,10+/m1/s1. The highest BCUT2D eigenvalue weighted by Gasteiger charge is 2.55. The Balaban J connectivity index is 1.73. The van der Waals surface area contributed by atoms with Crippen molar-refractivity contribution in [2.24, 2.45) is 5.92 Å². The molecular weight excluding hydrogens is 164 g/mol. The third kappa shape index (κ3) is 1.84. The summed E-state index contributed by atoms with van der Waals surface area (Å²) in [7, 11) is 0. The molecule has 3 nitrogen and oxygen atoms in total. The number of rotatable bonds is 3. The third-order valence-electron chi connectivity index (χ3n) is 3.25. The second kappa shape index (κ2) is 3.28. The van der Waals surface area contributed by atoms with E-state index >= 15 is 0 Å². The van der Waals surface area contributed by atoms with Crippen molar-refractivity contribution < 1.29 is 5.11 Å². The van der Waals surface area contributed by atoms with Crippen LogP contribution in [0.2, 0.25) is 0 Å². The molecule has 2 rings (SSSR count). The van der Waals surface area contributed by atoms with E-state index in [1.54, 1.807) is 0 Å². The molecule has 72 valence electrons. The maximum Gasteiger partial charge on any atom is 0.0807 e. The van der Waals surface area contributed by atoms with Crippen molar-refractivity contribution >= 4 is 0 Å². The zero-order valence-corrected chi connectivity index (χ0v) is 7.87. The van der Waals surface area contributed by atoms with Gasteiger partial charge < -0.3 is 10.0 Å². The number of β-amino-alcohol motifs (C(OH)–C–C–N with tert-alkyl or cyclic N) is 1. The van der Waals surface area contributed by atoms with Crippen LogP contribution in [0.15, 0.2) is 0 Å². The van der Waals surface area contributed by atoms with Gasteiger partial charge in [-0.1, -0.05) is 0 Å². The summed E-state index contributed by atoms with van der Waals surface area (Å²) >= 11 is 0. The molecule has 1 saturated carbocycles. The maximum atomic E-state index is 9.87. The Labute approximate surface area is 79.0 Å². The Morgan fingerprint density at radius 1 is 1.62 bits per heavy atom. The molecule has 0 bridgehead atoms. The fraction of sp³-hybridized carbons (Fsp3) is 0.900. The van der Waals surface area contributed by atoms with Crippen LogP contribution in [0, 0.1) is 17.2 Å². The first kappa shape index (κ1) is 8.98. The molecule has 1 N–H and O–H groups in total. The predicted molar refractivity (Wildman–Crippen MR) is 49.0 cm³/mol. The van der Waals surface area contributed by atoms with Crippen molar-refractivity contribution in [3.8, 4) is 6.07 Å². The number of aliphatic hydroxyl groups is 1. The van der Waals surface area contributed by atoms with Crippen LogP contribution in [0.4, 0.5) is 0 Å². The van der Waals surface area contributed by atoms with Crippen molar-refractivity contribution in [1.82, 2.24) is 4.90 Å². The lowest BCUT2D eigenvalue weighted by molar-refractivity contribution is 0.0500. The SMILES string of the molecule is N#CCCCN1CC[C@@H]2C[C@]2(O)C1. The summed E-state index contributed by atoms with van der Waals surface area (Å²) in [5.41, 5.74) is -0.342. The lowest BCUT2D eigenvalue weighted by Gasteiger charge is -2.29. The van der Waals surface area contributed by atoms with Gasteiger partial charge in [0, 0.05) is 13.0 Å². The molecule has 0 aromatic heterocycles. The van der Waals surface area contributed by atoms with E-state index in [0.717, 1.165) is 38.9 Å². The summed E-state index contributed by atoms with van der Waals surface area (Å²) in [6, 6.07) is 2.15. The monoisotopic (exact) mass is 180 g/mol. The van der Waals surface area contributed by atoms with Gasteiger partial charge >= 0.3 is 0 Å². The third-order valence-corrected chi connectivity index (χ3v) is 3.25. The quantitative estimate of drug-likeness (QED) is 0.652. The number of hydrogen-bond acceptors (Lipinski definition) is 3. The number of piperidine rings is 1. The number of unbranched alkanes of at least 4 members (excludes halogenated alkanes) is 1. The smallest absolute Gasteiger partial charge is 0.0807 e. The van der Waals surface area contributed by atoms with Crippen molar-refractivity contribution in [1.29, 1.82) is 5.26 Å². The fourth-order valence-corrected chi connectivity index (χ4v) is 2.31. The van der Waals surface area contributed by atoms with E-state index in [9.17, 15) is 5.11 Å². The molecule has 0 amide bonds. The van der Waals surface area contributed by atoms with Gasteiger partial charge in [0.25, 0.3) is 0 Å². The predicted octanol–water partition coefficient (Wildman–Crippen LogP) is 0.747. The van der Waals surface area contributed by atoms with E-state index < -0.39 is 0 Å². The van der Waals surface area contributed by atoms with E-state index in [0.29, 0.717) is 12.3 Å². The lowest BCUT2D eigenvalue weighted by Crippen LogP contribution is -2.40. The van der Waals surface area contributed by atoms with Gasteiger partial charge in [0.15, 0.2) is 0 Å². The number of likely N-dealkylation sites (tertiary alicyclic amines) is 1. The minimum absolute atomic E-state index is 0.342. The number of hydrogen-bond donors (Lipinski definition) is 1. The first-order valence-corrected chi connectivity index (χ1v) is 5.06. The van der Waals surface area contributed by atoms with Crippen LogP contribution in [0.1, 0.15) is 25.7 Å². The average molecular weight is 180 g/mol. The van der Waals surface area contributed by atoms with Crippen molar-refractivity contribution in [3.63, 3.8) is 0 Å². The summed E-state index contributed by atoms with van der Waals surface area (Å²) in [4.78, 5) is 2.29.